The molecule has 0 aromatic carbocycles. The van der Waals surface area contributed by atoms with Crippen molar-refractivity contribution in [2.45, 2.75) is 44.7 Å². The molecule has 1 fully saturated rings. The van der Waals surface area contributed by atoms with E-state index in [-0.39, 0.29) is 12.1 Å². The van der Waals surface area contributed by atoms with Crippen LogP contribution in [-0.2, 0) is 0 Å². The van der Waals surface area contributed by atoms with Gasteiger partial charge >= 0.3 is 0 Å². The fourth-order valence-corrected chi connectivity index (χ4v) is 1.77. The van der Waals surface area contributed by atoms with Crippen LogP contribution in [0.3, 0.4) is 0 Å². The van der Waals surface area contributed by atoms with Crippen LogP contribution in [0.2, 0.25) is 0 Å². The van der Waals surface area contributed by atoms with E-state index < -0.39 is 0 Å². The van der Waals surface area contributed by atoms with E-state index >= 15 is 0 Å². The van der Waals surface area contributed by atoms with Crippen LogP contribution in [0.25, 0.3) is 0 Å². The fourth-order valence-electron chi connectivity index (χ4n) is 1.77. The van der Waals surface area contributed by atoms with Gasteiger partial charge in [-0.15, -0.1) is 0 Å². The summed E-state index contributed by atoms with van der Waals surface area (Å²) in [4.78, 5) is 0. The second-order valence-electron chi connectivity index (χ2n) is 3.48. The van der Waals surface area contributed by atoms with Crippen molar-refractivity contribution in [3.63, 3.8) is 0 Å². The number of hydrogen-bond acceptors (Lipinski definition) is 2. The zero-order valence-corrected chi connectivity index (χ0v) is 6.72. The highest BCUT2D eigenvalue weighted by Crippen LogP contribution is 2.27. The molecule has 4 N–H and O–H groups in total. The maximum Gasteiger partial charge on any atom is 0.0218 e. The van der Waals surface area contributed by atoms with Gasteiger partial charge < -0.3 is 11.5 Å². The average molecular weight is 142 g/mol. The Bertz CT molecular complexity index is 95.4. The monoisotopic (exact) mass is 142 g/mol. The summed E-state index contributed by atoms with van der Waals surface area (Å²) in [5.74, 6) is 0.708. The Kier molecular flexibility index (Phi) is 2.69. The molecule has 0 aromatic rings. The van der Waals surface area contributed by atoms with Crippen molar-refractivity contribution in [2.24, 2.45) is 17.4 Å². The summed E-state index contributed by atoms with van der Waals surface area (Å²) in [5, 5.41) is 0. The SMILES string of the molecule is CC(N)C(N)C1CCCC1. The lowest BCUT2D eigenvalue weighted by Gasteiger charge is -2.21. The van der Waals surface area contributed by atoms with Crippen LogP contribution in [-0.4, -0.2) is 12.1 Å². The first kappa shape index (κ1) is 8.02. The topological polar surface area (TPSA) is 52.0 Å². The molecule has 0 heterocycles. The van der Waals surface area contributed by atoms with Crippen molar-refractivity contribution in [3.05, 3.63) is 0 Å². The second-order valence-corrected chi connectivity index (χ2v) is 3.48. The lowest BCUT2D eigenvalue weighted by Crippen LogP contribution is -2.43. The first-order valence-corrected chi connectivity index (χ1v) is 4.23. The lowest BCUT2D eigenvalue weighted by molar-refractivity contribution is 0.386. The predicted octanol–water partition coefficient (Wildman–Crippen LogP) is 0.851. The van der Waals surface area contributed by atoms with Gasteiger partial charge in [0, 0.05) is 12.1 Å². The quantitative estimate of drug-likeness (QED) is 0.600. The van der Waals surface area contributed by atoms with Crippen LogP contribution in [0.15, 0.2) is 0 Å². The highest BCUT2D eigenvalue weighted by molar-refractivity contribution is 4.82. The smallest absolute Gasteiger partial charge is 0.0218 e. The third-order valence-corrected chi connectivity index (χ3v) is 2.55. The molecular weight excluding hydrogens is 124 g/mol. The number of rotatable bonds is 2. The van der Waals surface area contributed by atoms with Gasteiger partial charge in [-0.3, -0.25) is 0 Å². The van der Waals surface area contributed by atoms with Crippen LogP contribution in [0.5, 0.6) is 0 Å². The molecule has 0 amide bonds. The molecule has 0 aromatic heterocycles. The van der Waals surface area contributed by atoms with E-state index in [1.54, 1.807) is 0 Å². The van der Waals surface area contributed by atoms with E-state index in [9.17, 15) is 0 Å². The van der Waals surface area contributed by atoms with Crippen molar-refractivity contribution >= 4 is 0 Å². The van der Waals surface area contributed by atoms with E-state index in [0.29, 0.717) is 5.92 Å². The first-order valence-electron chi connectivity index (χ1n) is 4.23. The zero-order chi connectivity index (χ0) is 7.56. The molecule has 0 spiro atoms. The molecule has 0 aliphatic heterocycles. The van der Waals surface area contributed by atoms with Crippen molar-refractivity contribution < 1.29 is 0 Å². The molecule has 2 atom stereocenters. The average Bonchev–Trinajstić information content (AvgIpc) is 2.36. The maximum absolute atomic E-state index is 5.90. The summed E-state index contributed by atoms with van der Waals surface area (Å²) >= 11 is 0. The molecule has 60 valence electrons. The molecule has 1 aliphatic rings. The Balaban J connectivity index is 2.32. The van der Waals surface area contributed by atoms with E-state index in [1.807, 2.05) is 6.92 Å². The van der Waals surface area contributed by atoms with Gasteiger partial charge in [0.2, 0.25) is 0 Å². The van der Waals surface area contributed by atoms with Gasteiger partial charge in [0.25, 0.3) is 0 Å². The standard InChI is InChI=1S/C8H18N2/c1-6(9)8(10)7-4-2-3-5-7/h6-8H,2-5,9-10H2,1H3. The molecular formula is C8H18N2. The van der Waals surface area contributed by atoms with Gasteiger partial charge in [0.15, 0.2) is 0 Å². The van der Waals surface area contributed by atoms with Crippen LogP contribution in [0.4, 0.5) is 0 Å². The molecule has 2 unspecified atom stereocenters. The third-order valence-electron chi connectivity index (χ3n) is 2.55. The summed E-state index contributed by atoms with van der Waals surface area (Å²) in [5.41, 5.74) is 11.6. The van der Waals surface area contributed by atoms with Crippen molar-refractivity contribution in [1.29, 1.82) is 0 Å². The van der Waals surface area contributed by atoms with E-state index in [1.165, 1.54) is 25.7 Å². The highest BCUT2D eigenvalue weighted by Gasteiger charge is 2.23. The van der Waals surface area contributed by atoms with Gasteiger partial charge in [0.1, 0.15) is 0 Å². The van der Waals surface area contributed by atoms with E-state index in [0.717, 1.165) is 0 Å². The van der Waals surface area contributed by atoms with Crippen LogP contribution in [0, 0.1) is 5.92 Å². The van der Waals surface area contributed by atoms with Crippen molar-refractivity contribution in [1.82, 2.24) is 0 Å². The van der Waals surface area contributed by atoms with Gasteiger partial charge in [-0.1, -0.05) is 12.8 Å². The Morgan fingerprint density at radius 3 is 2.10 bits per heavy atom. The minimum Gasteiger partial charge on any atom is -0.327 e. The fraction of sp³-hybridized carbons (Fsp3) is 1.00. The summed E-state index contributed by atoms with van der Waals surface area (Å²) in [7, 11) is 0. The van der Waals surface area contributed by atoms with Crippen LogP contribution in [0.1, 0.15) is 32.6 Å². The molecule has 2 heteroatoms. The normalized spacial score (nSPS) is 26.7. The predicted molar refractivity (Wildman–Crippen MR) is 43.6 cm³/mol. The van der Waals surface area contributed by atoms with Gasteiger partial charge in [-0.2, -0.15) is 0 Å². The summed E-state index contributed by atoms with van der Waals surface area (Å²) in [6.45, 7) is 2.00. The van der Waals surface area contributed by atoms with Gasteiger partial charge in [0.05, 0.1) is 0 Å². The van der Waals surface area contributed by atoms with Gasteiger partial charge in [-0.05, 0) is 25.7 Å². The van der Waals surface area contributed by atoms with Gasteiger partial charge in [-0.25, -0.2) is 0 Å². The Labute approximate surface area is 63.0 Å². The first-order chi connectivity index (χ1) is 4.72. The summed E-state index contributed by atoms with van der Waals surface area (Å²) < 4.78 is 0. The zero-order valence-electron chi connectivity index (χ0n) is 6.72. The highest BCUT2D eigenvalue weighted by atomic mass is 14.8. The number of hydrogen-bond donors (Lipinski definition) is 2. The Hall–Kier alpha value is -0.0800. The third kappa shape index (κ3) is 1.70. The maximum atomic E-state index is 5.90. The molecule has 10 heavy (non-hydrogen) atoms. The van der Waals surface area contributed by atoms with Crippen molar-refractivity contribution in [3.8, 4) is 0 Å². The molecule has 2 nitrogen and oxygen atoms in total. The molecule has 1 rings (SSSR count). The largest absolute Gasteiger partial charge is 0.327 e. The van der Waals surface area contributed by atoms with Crippen LogP contribution >= 0.6 is 0 Å². The second kappa shape index (κ2) is 3.35. The Morgan fingerprint density at radius 1 is 1.20 bits per heavy atom. The summed E-state index contributed by atoms with van der Waals surface area (Å²) in [6.07, 6.45) is 5.29. The summed E-state index contributed by atoms with van der Waals surface area (Å²) in [6, 6.07) is 0.408. The molecule has 1 aliphatic carbocycles. The molecule has 1 saturated carbocycles. The minimum atomic E-state index is 0.170. The van der Waals surface area contributed by atoms with Crippen LogP contribution < -0.4 is 11.5 Å². The molecule has 0 saturated heterocycles. The van der Waals surface area contributed by atoms with E-state index in [2.05, 4.69) is 0 Å². The minimum absolute atomic E-state index is 0.170. The molecule has 0 bridgehead atoms. The Morgan fingerprint density at radius 2 is 1.70 bits per heavy atom. The van der Waals surface area contributed by atoms with Crippen molar-refractivity contribution in [2.75, 3.05) is 0 Å². The lowest BCUT2D eigenvalue weighted by atomic mass is 9.94. The number of nitrogens with two attached hydrogens (primary N) is 2. The molecule has 0 radical (unpaired) electrons. The van der Waals surface area contributed by atoms with E-state index in [4.69, 9.17) is 11.5 Å².